The summed E-state index contributed by atoms with van der Waals surface area (Å²) in [5.41, 5.74) is 9.03. The number of benzene rings is 2. The number of anilines is 2. The fourth-order valence-electron chi connectivity index (χ4n) is 2.24. The first-order valence-electron chi connectivity index (χ1n) is 6.96. The quantitative estimate of drug-likeness (QED) is 0.834. The molecule has 0 heterocycles. The van der Waals surface area contributed by atoms with Crippen molar-refractivity contribution in [3.8, 4) is 0 Å². The van der Waals surface area contributed by atoms with E-state index in [9.17, 15) is 4.79 Å². The molecule has 4 heteroatoms. The van der Waals surface area contributed by atoms with E-state index < -0.39 is 0 Å². The number of nitrogen functional groups attached to an aromatic ring is 1. The fraction of sp³-hybridized carbons (Fsp3) is 0.235. The van der Waals surface area contributed by atoms with Crippen LogP contribution in [0.3, 0.4) is 0 Å². The molecular weight excluding hydrogens is 328 g/mol. The van der Waals surface area contributed by atoms with Gasteiger partial charge in [-0.3, -0.25) is 4.79 Å². The van der Waals surface area contributed by atoms with E-state index in [1.807, 2.05) is 49.4 Å². The molecule has 1 amide bonds. The molecule has 0 aromatic heterocycles. The Morgan fingerprint density at radius 1 is 1.19 bits per heavy atom. The van der Waals surface area contributed by atoms with Gasteiger partial charge < -0.3 is 10.6 Å². The van der Waals surface area contributed by atoms with Crippen molar-refractivity contribution in [2.45, 2.75) is 20.3 Å². The first-order valence-corrected chi connectivity index (χ1v) is 7.75. The Hall–Kier alpha value is -1.81. The molecule has 2 aromatic carbocycles. The monoisotopic (exact) mass is 346 g/mol. The first kappa shape index (κ1) is 15.6. The standard InChI is InChI=1S/C17H19BrN2O/c1-3-8-20(16-6-4-15(19)5-7-16)17(21)13-9-12(2)10-14(18)11-13/h4-7,9-11H,3,8,19H2,1-2H3. The van der Waals surface area contributed by atoms with Crippen LogP contribution in [0.15, 0.2) is 46.9 Å². The molecule has 0 aliphatic heterocycles. The normalized spacial score (nSPS) is 10.4. The second-order valence-electron chi connectivity index (χ2n) is 5.07. The van der Waals surface area contributed by atoms with Gasteiger partial charge in [-0.05, 0) is 61.4 Å². The van der Waals surface area contributed by atoms with Crippen molar-refractivity contribution in [1.29, 1.82) is 0 Å². The van der Waals surface area contributed by atoms with Crippen LogP contribution >= 0.6 is 15.9 Å². The maximum Gasteiger partial charge on any atom is 0.258 e. The zero-order valence-electron chi connectivity index (χ0n) is 12.3. The smallest absolute Gasteiger partial charge is 0.258 e. The lowest BCUT2D eigenvalue weighted by atomic mass is 10.1. The van der Waals surface area contributed by atoms with Gasteiger partial charge in [0.2, 0.25) is 0 Å². The Kier molecular flexibility index (Phi) is 5.02. The highest BCUT2D eigenvalue weighted by Crippen LogP contribution is 2.22. The average Bonchev–Trinajstić information content (AvgIpc) is 2.44. The van der Waals surface area contributed by atoms with Gasteiger partial charge in [-0.25, -0.2) is 0 Å². The SMILES string of the molecule is CCCN(C(=O)c1cc(C)cc(Br)c1)c1ccc(N)cc1. The minimum atomic E-state index is 0.00558. The molecule has 0 spiro atoms. The van der Waals surface area contributed by atoms with Crippen molar-refractivity contribution < 1.29 is 4.79 Å². The minimum absolute atomic E-state index is 0.00558. The molecule has 0 radical (unpaired) electrons. The molecule has 0 fully saturated rings. The molecule has 0 saturated heterocycles. The summed E-state index contributed by atoms with van der Waals surface area (Å²) in [7, 11) is 0. The van der Waals surface area contributed by atoms with Gasteiger partial charge in [0.25, 0.3) is 5.91 Å². The summed E-state index contributed by atoms with van der Waals surface area (Å²) in [5.74, 6) is 0.00558. The summed E-state index contributed by atoms with van der Waals surface area (Å²) in [5, 5.41) is 0. The van der Waals surface area contributed by atoms with E-state index in [4.69, 9.17) is 5.73 Å². The van der Waals surface area contributed by atoms with E-state index in [1.165, 1.54) is 0 Å². The molecule has 0 saturated carbocycles. The van der Waals surface area contributed by atoms with Gasteiger partial charge in [-0.2, -0.15) is 0 Å². The van der Waals surface area contributed by atoms with Crippen LogP contribution in [-0.4, -0.2) is 12.5 Å². The number of carbonyl (C=O) groups excluding carboxylic acids is 1. The number of nitrogens with zero attached hydrogens (tertiary/aromatic N) is 1. The molecule has 0 atom stereocenters. The number of halogens is 1. The van der Waals surface area contributed by atoms with E-state index >= 15 is 0 Å². The van der Waals surface area contributed by atoms with Gasteiger partial charge >= 0.3 is 0 Å². The molecule has 0 unspecified atom stereocenters. The van der Waals surface area contributed by atoms with Crippen LogP contribution in [0.1, 0.15) is 29.3 Å². The van der Waals surface area contributed by atoms with E-state index in [-0.39, 0.29) is 5.91 Å². The summed E-state index contributed by atoms with van der Waals surface area (Å²) in [6.45, 7) is 4.72. The number of nitrogens with two attached hydrogens (primary N) is 1. The van der Waals surface area contributed by atoms with Gasteiger partial charge in [0.1, 0.15) is 0 Å². The maximum atomic E-state index is 12.8. The molecule has 0 bridgehead atoms. The van der Waals surface area contributed by atoms with Crippen LogP contribution in [0.25, 0.3) is 0 Å². The Labute approximate surface area is 133 Å². The van der Waals surface area contributed by atoms with E-state index in [0.717, 1.165) is 22.1 Å². The summed E-state index contributed by atoms with van der Waals surface area (Å²) in [6.07, 6.45) is 0.892. The van der Waals surface area contributed by atoms with Crippen LogP contribution in [0.2, 0.25) is 0 Å². The second-order valence-corrected chi connectivity index (χ2v) is 5.98. The third-order valence-electron chi connectivity index (χ3n) is 3.19. The van der Waals surface area contributed by atoms with Crippen LogP contribution in [0.5, 0.6) is 0 Å². The highest BCUT2D eigenvalue weighted by Gasteiger charge is 2.17. The van der Waals surface area contributed by atoms with Crippen molar-refractivity contribution in [3.63, 3.8) is 0 Å². The molecule has 0 aliphatic carbocycles. The number of hydrogen-bond acceptors (Lipinski definition) is 2. The highest BCUT2D eigenvalue weighted by atomic mass is 79.9. The lowest BCUT2D eigenvalue weighted by molar-refractivity contribution is 0.0986. The van der Waals surface area contributed by atoms with Crippen LogP contribution in [0.4, 0.5) is 11.4 Å². The van der Waals surface area contributed by atoms with Crippen molar-refractivity contribution in [2.75, 3.05) is 17.2 Å². The number of rotatable bonds is 4. The third-order valence-corrected chi connectivity index (χ3v) is 3.64. The molecule has 2 N–H and O–H groups in total. The topological polar surface area (TPSA) is 46.3 Å². The molecule has 3 nitrogen and oxygen atoms in total. The summed E-state index contributed by atoms with van der Waals surface area (Å²) in [4.78, 5) is 14.6. The number of hydrogen-bond donors (Lipinski definition) is 1. The Balaban J connectivity index is 2.37. The van der Waals surface area contributed by atoms with Gasteiger partial charge in [-0.15, -0.1) is 0 Å². The average molecular weight is 347 g/mol. The zero-order chi connectivity index (χ0) is 15.4. The molecule has 0 aliphatic rings. The summed E-state index contributed by atoms with van der Waals surface area (Å²) < 4.78 is 0.916. The number of amides is 1. The molecule has 21 heavy (non-hydrogen) atoms. The zero-order valence-corrected chi connectivity index (χ0v) is 13.9. The lowest BCUT2D eigenvalue weighted by Crippen LogP contribution is -2.31. The fourth-order valence-corrected chi connectivity index (χ4v) is 2.85. The lowest BCUT2D eigenvalue weighted by Gasteiger charge is -2.23. The van der Waals surface area contributed by atoms with Gasteiger partial charge in [0, 0.05) is 28.0 Å². The second kappa shape index (κ2) is 6.76. The van der Waals surface area contributed by atoms with E-state index in [2.05, 4.69) is 22.9 Å². The predicted octanol–water partition coefficient (Wildman–Crippen LogP) is 4.40. The first-order chi connectivity index (χ1) is 10.0. The molecular formula is C17H19BrN2O. The molecule has 2 aromatic rings. The van der Waals surface area contributed by atoms with Crippen molar-refractivity contribution in [2.24, 2.45) is 0 Å². The molecule has 2 rings (SSSR count). The van der Waals surface area contributed by atoms with Crippen LogP contribution < -0.4 is 10.6 Å². The Morgan fingerprint density at radius 3 is 2.43 bits per heavy atom. The van der Waals surface area contributed by atoms with Crippen molar-refractivity contribution in [3.05, 3.63) is 58.1 Å². The van der Waals surface area contributed by atoms with Gasteiger partial charge in [0.05, 0.1) is 0 Å². The van der Waals surface area contributed by atoms with E-state index in [0.29, 0.717) is 17.8 Å². The highest BCUT2D eigenvalue weighted by molar-refractivity contribution is 9.10. The van der Waals surface area contributed by atoms with Gasteiger partial charge in [0.15, 0.2) is 0 Å². The van der Waals surface area contributed by atoms with Crippen LogP contribution in [0, 0.1) is 6.92 Å². The largest absolute Gasteiger partial charge is 0.399 e. The number of carbonyl (C=O) groups is 1. The van der Waals surface area contributed by atoms with Crippen molar-refractivity contribution >= 4 is 33.2 Å². The third kappa shape index (κ3) is 3.85. The minimum Gasteiger partial charge on any atom is -0.399 e. The Bertz CT molecular complexity index is 617. The molecule has 110 valence electrons. The van der Waals surface area contributed by atoms with Gasteiger partial charge in [-0.1, -0.05) is 22.9 Å². The Morgan fingerprint density at radius 2 is 1.86 bits per heavy atom. The maximum absolute atomic E-state index is 12.8. The van der Waals surface area contributed by atoms with E-state index in [1.54, 1.807) is 4.90 Å². The van der Waals surface area contributed by atoms with Crippen molar-refractivity contribution in [1.82, 2.24) is 0 Å². The number of aryl methyl sites for hydroxylation is 1. The van der Waals surface area contributed by atoms with Crippen LogP contribution in [-0.2, 0) is 0 Å². The summed E-state index contributed by atoms with van der Waals surface area (Å²) in [6, 6.07) is 13.2. The predicted molar refractivity (Wildman–Crippen MR) is 91.7 cm³/mol. The summed E-state index contributed by atoms with van der Waals surface area (Å²) >= 11 is 3.45.